The van der Waals surface area contributed by atoms with Crippen molar-refractivity contribution in [3.63, 3.8) is 0 Å². The first-order valence-corrected chi connectivity index (χ1v) is 5.51. The van der Waals surface area contributed by atoms with Gasteiger partial charge in [0.05, 0.1) is 0 Å². The predicted octanol–water partition coefficient (Wildman–Crippen LogP) is 2.69. The average molecular weight is 219 g/mol. The summed E-state index contributed by atoms with van der Waals surface area (Å²) in [6, 6.07) is 5.16. The lowest BCUT2D eigenvalue weighted by molar-refractivity contribution is -0.118. The van der Waals surface area contributed by atoms with E-state index in [2.05, 4.69) is 19.2 Å². The van der Waals surface area contributed by atoms with Crippen LogP contribution in [0.2, 0.25) is 0 Å². The van der Waals surface area contributed by atoms with Crippen molar-refractivity contribution in [2.75, 3.05) is 5.32 Å². The van der Waals surface area contributed by atoms with E-state index in [0.717, 1.165) is 6.42 Å². The minimum absolute atomic E-state index is 0.0544. The number of phenols is 1. The van der Waals surface area contributed by atoms with Crippen LogP contribution in [0.25, 0.3) is 0 Å². The van der Waals surface area contributed by atoms with Gasteiger partial charge in [0.1, 0.15) is 5.75 Å². The third-order valence-corrected chi connectivity index (χ3v) is 3.39. The number of anilines is 1. The van der Waals surface area contributed by atoms with Crippen molar-refractivity contribution in [1.29, 1.82) is 0 Å². The van der Waals surface area contributed by atoms with Gasteiger partial charge in [-0.1, -0.05) is 19.9 Å². The van der Waals surface area contributed by atoms with E-state index in [1.54, 1.807) is 19.1 Å². The first-order chi connectivity index (χ1) is 7.42. The number of aromatic hydroxyl groups is 1. The van der Waals surface area contributed by atoms with Crippen molar-refractivity contribution in [3.8, 4) is 5.75 Å². The molecule has 2 rings (SSSR count). The Morgan fingerprint density at radius 2 is 2.12 bits per heavy atom. The summed E-state index contributed by atoms with van der Waals surface area (Å²) in [6.07, 6.45) is 0.941. The normalized spacial score (nSPS) is 21.6. The summed E-state index contributed by atoms with van der Waals surface area (Å²) in [7, 11) is 0. The molecule has 1 saturated carbocycles. The summed E-state index contributed by atoms with van der Waals surface area (Å²) in [5.41, 5.74) is 1.55. The summed E-state index contributed by atoms with van der Waals surface area (Å²) >= 11 is 0. The largest absolute Gasteiger partial charge is 0.508 e. The Balaban J connectivity index is 2.10. The van der Waals surface area contributed by atoms with E-state index in [9.17, 15) is 9.90 Å². The Hall–Kier alpha value is -1.51. The van der Waals surface area contributed by atoms with Gasteiger partial charge in [-0.15, -0.1) is 0 Å². The molecule has 0 saturated heterocycles. The molecule has 16 heavy (non-hydrogen) atoms. The standard InChI is InChI=1S/C13H17NO2/c1-8-10(5-4-6-11(8)15)14-12(16)9-7-13(9,2)3/h4-6,9,15H,7H2,1-3H3,(H,14,16). The highest BCUT2D eigenvalue weighted by Crippen LogP contribution is 2.52. The van der Waals surface area contributed by atoms with Gasteiger partial charge in [0.2, 0.25) is 5.91 Å². The number of nitrogens with one attached hydrogen (secondary N) is 1. The van der Waals surface area contributed by atoms with Crippen molar-refractivity contribution >= 4 is 11.6 Å². The molecule has 0 radical (unpaired) electrons. The molecule has 1 fully saturated rings. The molecule has 2 N–H and O–H groups in total. The van der Waals surface area contributed by atoms with Gasteiger partial charge in [-0.05, 0) is 30.9 Å². The lowest BCUT2D eigenvalue weighted by Crippen LogP contribution is -2.17. The van der Waals surface area contributed by atoms with Crippen LogP contribution in [-0.4, -0.2) is 11.0 Å². The molecule has 0 heterocycles. The van der Waals surface area contributed by atoms with Crippen molar-refractivity contribution < 1.29 is 9.90 Å². The molecule has 0 spiro atoms. The fourth-order valence-corrected chi connectivity index (χ4v) is 1.89. The number of amides is 1. The van der Waals surface area contributed by atoms with Crippen LogP contribution in [0.5, 0.6) is 5.75 Å². The van der Waals surface area contributed by atoms with Crippen LogP contribution in [0.1, 0.15) is 25.8 Å². The fourth-order valence-electron chi connectivity index (χ4n) is 1.89. The maximum absolute atomic E-state index is 11.9. The molecule has 1 unspecified atom stereocenters. The van der Waals surface area contributed by atoms with E-state index >= 15 is 0 Å². The van der Waals surface area contributed by atoms with Crippen LogP contribution in [0.15, 0.2) is 18.2 Å². The molecule has 1 aromatic rings. The third-order valence-electron chi connectivity index (χ3n) is 3.39. The maximum atomic E-state index is 11.9. The monoisotopic (exact) mass is 219 g/mol. The Labute approximate surface area is 95.5 Å². The summed E-state index contributed by atoms with van der Waals surface area (Å²) in [6.45, 7) is 5.97. The first kappa shape index (κ1) is 11.0. The van der Waals surface area contributed by atoms with Gasteiger partial charge in [0, 0.05) is 17.2 Å². The van der Waals surface area contributed by atoms with E-state index in [0.29, 0.717) is 11.3 Å². The molecule has 0 aliphatic heterocycles. The van der Waals surface area contributed by atoms with Crippen molar-refractivity contribution in [3.05, 3.63) is 23.8 Å². The minimum Gasteiger partial charge on any atom is -0.508 e. The second kappa shape index (κ2) is 3.51. The molecular weight excluding hydrogens is 202 g/mol. The minimum atomic E-state index is 0.0544. The molecule has 1 aliphatic rings. The van der Waals surface area contributed by atoms with Gasteiger partial charge in [-0.3, -0.25) is 4.79 Å². The zero-order chi connectivity index (χ0) is 11.9. The zero-order valence-electron chi connectivity index (χ0n) is 9.87. The molecular formula is C13H17NO2. The van der Waals surface area contributed by atoms with E-state index in [-0.39, 0.29) is 23.0 Å². The molecule has 0 bridgehead atoms. The van der Waals surface area contributed by atoms with Crippen LogP contribution < -0.4 is 5.32 Å². The quantitative estimate of drug-likeness (QED) is 0.803. The highest BCUT2D eigenvalue weighted by atomic mass is 16.3. The number of carbonyl (C=O) groups excluding carboxylic acids is 1. The number of phenolic OH excluding ortho intramolecular Hbond substituents is 1. The Kier molecular flexibility index (Phi) is 2.41. The summed E-state index contributed by atoms with van der Waals surface area (Å²) in [4.78, 5) is 11.9. The molecule has 1 aliphatic carbocycles. The number of carbonyl (C=O) groups is 1. The second-order valence-corrected chi connectivity index (χ2v) is 5.18. The Morgan fingerprint density at radius 1 is 1.50 bits per heavy atom. The van der Waals surface area contributed by atoms with Gasteiger partial charge in [0.15, 0.2) is 0 Å². The van der Waals surface area contributed by atoms with Gasteiger partial charge in [0.25, 0.3) is 0 Å². The van der Waals surface area contributed by atoms with Crippen molar-refractivity contribution in [1.82, 2.24) is 0 Å². The predicted molar refractivity (Wildman–Crippen MR) is 63.4 cm³/mol. The van der Waals surface area contributed by atoms with Crippen LogP contribution in [0.3, 0.4) is 0 Å². The van der Waals surface area contributed by atoms with Crippen LogP contribution in [0.4, 0.5) is 5.69 Å². The summed E-state index contributed by atoms with van der Waals surface area (Å²) in [5, 5.41) is 12.4. The summed E-state index contributed by atoms with van der Waals surface area (Å²) in [5.74, 6) is 0.376. The first-order valence-electron chi connectivity index (χ1n) is 5.51. The molecule has 1 aromatic carbocycles. The molecule has 1 atom stereocenters. The number of rotatable bonds is 2. The highest BCUT2D eigenvalue weighted by molar-refractivity contribution is 5.95. The second-order valence-electron chi connectivity index (χ2n) is 5.18. The number of hydrogen-bond donors (Lipinski definition) is 2. The van der Waals surface area contributed by atoms with E-state index < -0.39 is 0 Å². The lowest BCUT2D eigenvalue weighted by Gasteiger charge is -2.10. The maximum Gasteiger partial charge on any atom is 0.228 e. The van der Waals surface area contributed by atoms with Gasteiger partial charge >= 0.3 is 0 Å². The number of hydrogen-bond acceptors (Lipinski definition) is 2. The van der Waals surface area contributed by atoms with E-state index in [4.69, 9.17) is 0 Å². The third kappa shape index (κ3) is 1.90. The smallest absolute Gasteiger partial charge is 0.228 e. The van der Waals surface area contributed by atoms with E-state index in [1.165, 1.54) is 0 Å². The molecule has 0 aromatic heterocycles. The van der Waals surface area contributed by atoms with Crippen molar-refractivity contribution in [2.24, 2.45) is 11.3 Å². The average Bonchev–Trinajstić information content (AvgIpc) is 2.83. The van der Waals surface area contributed by atoms with Crippen LogP contribution in [-0.2, 0) is 4.79 Å². The molecule has 3 nitrogen and oxygen atoms in total. The Bertz CT molecular complexity index is 438. The van der Waals surface area contributed by atoms with Crippen LogP contribution in [0, 0.1) is 18.3 Å². The fraction of sp³-hybridized carbons (Fsp3) is 0.462. The lowest BCUT2D eigenvalue weighted by atomic mass is 10.1. The number of benzene rings is 1. The molecule has 86 valence electrons. The van der Waals surface area contributed by atoms with Gasteiger partial charge in [-0.2, -0.15) is 0 Å². The van der Waals surface area contributed by atoms with Crippen LogP contribution >= 0.6 is 0 Å². The molecule has 3 heteroatoms. The summed E-state index contributed by atoms with van der Waals surface area (Å²) < 4.78 is 0. The highest BCUT2D eigenvalue weighted by Gasteiger charge is 2.50. The molecule has 1 amide bonds. The van der Waals surface area contributed by atoms with Crippen molar-refractivity contribution in [2.45, 2.75) is 27.2 Å². The van der Waals surface area contributed by atoms with Gasteiger partial charge in [-0.25, -0.2) is 0 Å². The zero-order valence-corrected chi connectivity index (χ0v) is 9.87. The topological polar surface area (TPSA) is 49.3 Å². The Morgan fingerprint density at radius 3 is 2.69 bits per heavy atom. The van der Waals surface area contributed by atoms with E-state index in [1.807, 2.05) is 6.07 Å². The SMILES string of the molecule is Cc1c(O)cccc1NC(=O)C1CC1(C)C. The van der Waals surface area contributed by atoms with Gasteiger partial charge < -0.3 is 10.4 Å².